The summed E-state index contributed by atoms with van der Waals surface area (Å²) in [4.78, 5) is 22.5. The molecule has 6 nitrogen and oxygen atoms in total. The Bertz CT molecular complexity index is 813. The van der Waals surface area contributed by atoms with Crippen LogP contribution in [-0.4, -0.2) is 18.4 Å². The first-order chi connectivity index (χ1) is 12.0. The Hall–Kier alpha value is -3.04. The molecule has 2 amide bonds. The van der Waals surface area contributed by atoms with E-state index in [4.69, 9.17) is 21.6 Å². The van der Waals surface area contributed by atoms with Gasteiger partial charge in [0.15, 0.2) is 0 Å². The largest absolute Gasteiger partial charge is 0.456 e. The first-order valence-corrected chi connectivity index (χ1v) is 7.87. The number of anilines is 1. The van der Waals surface area contributed by atoms with Gasteiger partial charge in [-0.3, -0.25) is 9.59 Å². The standard InChI is InChI=1S/C18H16ClN3O3/c1-12(23)21-9-8-18(24)22-14-4-7-17(16(19)10-14)25-15-5-2-13(11-20)3-6-15/h2-7,10H,8-9H2,1H3,(H,21,23)(H,22,24). The third kappa shape index (κ3) is 5.83. The number of nitrogens with one attached hydrogen (secondary N) is 2. The molecule has 0 spiro atoms. The molecule has 0 aliphatic rings. The Morgan fingerprint density at radius 3 is 2.52 bits per heavy atom. The summed E-state index contributed by atoms with van der Waals surface area (Å²) in [6.45, 7) is 1.67. The fourth-order valence-electron chi connectivity index (χ4n) is 1.96. The number of rotatable bonds is 6. The van der Waals surface area contributed by atoms with E-state index in [2.05, 4.69) is 10.6 Å². The highest BCUT2D eigenvalue weighted by atomic mass is 35.5. The number of ether oxygens (including phenoxy) is 1. The number of nitriles is 1. The van der Waals surface area contributed by atoms with Gasteiger partial charge in [-0.15, -0.1) is 0 Å². The molecule has 0 aromatic heterocycles. The maximum Gasteiger partial charge on any atom is 0.226 e. The molecule has 0 radical (unpaired) electrons. The molecule has 2 N–H and O–H groups in total. The van der Waals surface area contributed by atoms with Crippen LogP contribution < -0.4 is 15.4 Å². The number of hydrogen-bond acceptors (Lipinski definition) is 4. The van der Waals surface area contributed by atoms with Crippen molar-refractivity contribution in [2.24, 2.45) is 0 Å². The minimum absolute atomic E-state index is 0.167. The lowest BCUT2D eigenvalue weighted by molar-refractivity contribution is -0.119. The number of benzene rings is 2. The zero-order valence-electron chi connectivity index (χ0n) is 13.5. The number of nitrogens with zero attached hydrogens (tertiary/aromatic N) is 1. The van der Waals surface area contributed by atoms with Crippen LogP contribution in [-0.2, 0) is 9.59 Å². The normalized spacial score (nSPS) is 9.80. The zero-order chi connectivity index (χ0) is 18.2. The van der Waals surface area contributed by atoms with Crippen molar-refractivity contribution < 1.29 is 14.3 Å². The summed E-state index contributed by atoms with van der Waals surface area (Å²) in [6.07, 6.45) is 0.167. The molecular weight excluding hydrogens is 342 g/mol. The molecule has 0 aliphatic carbocycles. The summed E-state index contributed by atoms with van der Waals surface area (Å²) >= 11 is 6.18. The maximum absolute atomic E-state index is 11.8. The minimum atomic E-state index is -0.231. The van der Waals surface area contributed by atoms with Crippen LogP contribution in [0.4, 0.5) is 5.69 Å². The Labute approximate surface area is 150 Å². The lowest BCUT2D eigenvalue weighted by Crippen LogP contribution is -2.25. The third-order valence-corrected chi connectivity index (χ3v) is 3.45. The first kappa shape index (κ1) is 18.3. The molecule has 2 rings (SSSR count). The molecule has 0 bridgehead atoms. The van der Waals surface area contributed by atoms with Crippen molar-refractivity contribution in [1.29, 1.82) is 5.26 Å². The van der Waals surface area contributed by atoms with Gasteiger partial charge in [-0.2, -0.15) is 5.26 Å². The van der Waals surface area contributed by atoms with Gasteiger partial charge >= 0.3 is 0 Å². The second-order valence-corrected chi connectivity index (χ2v) is 5.57. The van der Waals surface area contributed by atoms with Crippen molar-refractivity contribution in [2.45, 2.75) is 13.3 Å². The van der Waals surface area contributed by atoms with Crippen molar-refractivity contribution in [3.8, 4) is 17.6 Å². The van der Waals surface area contributed by atoms with Gasteiger partial charge in [-0.25, -0.2) is 0 Å². The summed E-state index contributed by atoms with van der Waals surface area (Å²) in [6, 6.07) is 13.6. The van der Waals surface area contributed by atoms with Crippen LogP contribution in [0.15, 0.2) is 42.5 Å². The van der Waals surface area contributed by atoms with E-state index >= 15 is 0 Å². The van der Waals surface area contributed by atoms with Gasteiger partial charge in [-0.05, 0) is 42.5 Å². The number of halogens is 1. The van der Waals surface area contributed by atoms with E-state index in [1.165, 1.54) is 6.92 Å². The molecule has 2 aromatic carbocycles. The Morgan fingerprint density at radius 1 is 1.20 bits per heavy atom. The van der Waals surface area contributed by atoms with Crippen molar-refractivity contribution in [2.75, 3.05) is 11.9 Å². The molecule has 128 valence electrons. The smallest absolute Gasteiger partial charge is 0.226 e. The summed E-state index contributed by atoms with van der Waals surface area (Å²) in [5, 5.41) is 14.4. The van der Waals surface area contributed by atoms with Gasteiger partial charge in [-0.1, -0.05) is 11.6 Å². The number of amides is 2. The summed E-state index contributed by atoms with van der Waals surface area (Å²) in [7, 11) is 0. The molecule has 0 saturated carbocycles. The van der Waals surface area contributed by atoms with Crippen LogP contribution >= 0.6 is 11.6 Å². The van der Waals surface area contributed by atoms with Crippen molar-refractivity contribution in [3.63, 3.8) is 0 Å². The highest BCUT2D eigenvalue weighted by Crippen LogP contribution is 2.31. The molecule has 0 atom stereocenters. The van der Waals surface area contributed by atoms with E-state index in [1.54, 1.807) is 42.5 Å². The van der Waals surface area contributed by atoms with Crippen molar-refractivity contribution >= 4 is 29.1 Å². The van der Waals surface area contributed by atoms with Crippen LogP contribution in [0.3, 0.4) is 0 Å². The lowest BCUT2D eigenvalue weighted by atomic mass is 10.2. The Morgan fingerprint density at radius 2 is 1.92 bits per heavy atom. The van der Waals surface area contributed by atoms with Gasteiger partial charge in [0.2, 0.25) is 11.8 Å². The summed E-state index contributed by atoms with van der Waals surface area (Å²) in [5.41, 5.74) is 1.07. The second kappa shape index (κ2) is 8.71. The molecule has 25 heavy (non-hydrogen) atoms. The van der Waals surface area contributed by atoms with Crippen LogP contribution in [0, 0.1) is 11.3 Å². The van der Waals surface area contributed by atoms with E-state index in [0.29, 0.717) is 27.8 Å². The van der Waals surface area contributed by atoms with E-state index in [-0.39, 0.29) is 24.8 Å². The number of carbonyl (C=O) groups excluding carboxylic acids is 2. The summed E-state index contributed by atoms with van der Waals surface area (Å²) < 4.78 is 5.66. The van der Waals surface area contributed by atoms with E-state index in [9.17, 15) is 9.59 Å². The van der Waals surface area contributed by atoms with Crippen molar-refractivity contribution in [3.05, 3.63) is 53.1 Å². The zero-order valence-corrected chi connectivity index (χ0v) is 14.3. The van der Waals surface area contributed by atoms with Crippen LogP contribution in [0.2, 0.25) is 5.02 Å². The molecule has 0 aliphatic heterocycles. The van der Waals surface area contributed by atoms with Gasteiger partial charge in [0.25, 0.3) is 0 Å². The predicted octanol–water partition coefficient (Wildman–Crippen LogP) is 3.47. The highest BCUT2D eigenvalue weighted by Gasteiger charge is 2.08. The topological polar surface area (TPSA) is 91.2 Å². The van der Waals surface area contributed by atoms with Gasteiger partial charge in [0, 0.05) is 25.6 Å². The molecule has 0 unspecified atom stereocenters. The molecule has 0 fully saturated rings. The van der Waals surface area contributed by atoms with Gasteiger partial charge in [0.05, 0.1) is 16.7 Å². The quantitative estimate of drug-likeness (QED) is 0.828. The highest BCUT2D eigenvalue weighted by molar-refractivity contribution is 6.32. The molecular formula is C18H16ClN3O3. The van der Waals surface area contributed by atoms with E-state index < -0.39 is 0 Å². The molecule has 0 saturated heterocycles. The molecule has 7 heteroatoms. The monoisotopic (exact) mass is 357 g/mol. The SMILES string of the molecule is CC(=O)NCCC(=O)Nc1ccc(Oc2ccc(C#N)cc2)c(Cl)c1. The van der Waals surface area contributed by atoms with Gasteiger partial charge in [0.1, 0.15) is 11.5 Å². The van der Waals surface area contributed by atoms with Crippen LogP contribution in [0.1, 0.15) is 18.9 Å². The maximum atomic E-state index is 11.8. The fraction of sp³-hybridized carbons (Fsp3) is 0.167. The van der Waals surface area contributed by atoms with E-state index in [0.717, 1.165) is 0 Å². The first-order valence-electron chi connectivity index (χ1n) is 7.50. The minimum Gasteiger partial charge on any atom is -0.456 e. The van der Waals surface area contributed by atoms with Gasteiger partial charge < -0.3 is 15.4 Å². The fourth-order valence-corrected chi connectivity index (χ4v) is 2.18. The number of carbonyl (C=O) groups is 2. The average Bonchev–Trinajstić information content (AvgIpc) is 2.57. The van der Waals surface area contributed by atoms with E-state index in [1.807, 2.05) is 6.07 Å². The Balaban J connectivity index is 1.96. The second-order valence-electron chi connectivity index (χ2n) is 5.16. The average molecular weight is 358 g/mol. The lowest BCUT2D eigenvalue weighted by Gasteiger charge is -2.10. The predicted molar refractivity (Wildman–Crippen MR) is 94.6 cm³/mol. The van der Waals surface area contributed by atoms with Crippen molar-refractivity contribution in [1.82, 2.24) is 5.32 Å². The third-order valence-electron chi connectivity index (χ3n) is 3.15. The molecule has 2 aromatic rings. The van der Waals surface area contributed by atoms with Crippen LogP contribution in [0.5, 0.6) is 11.5 Å². The Kier molecular flexibility index (Phi) is 6.38. The number of hydrogen-bond donors (Lipinski definition) is 2. The van der Waals surface area contributed by atoms with Crippen LogP contribution in [0.25, 0.3) is 0 Å². The summed E-state index contributed by atoms with van der Waals surface area (Å²) in [5.74, 6) is 0.571. The molecule has 0 heterocycles.